The van der Waals surface area contributed by atoms with Gasteiger partial charge in [0, 0.05) is 28.3 Å². The van der Waals surface area contributed by atoms with Crippen LogP contribution in [-0.4, -0.2) is 18.4 Å². The van der Waals surface area contributed by atoms with E-state index in [9.17, 15) is 9.59 Å². The van der Waals surface area contributed by atoms with Gasteiger partial charge < -0.3 is 10.2 Å². The molecule has 6 heteroatoms. The highest BCUT2D eigenvalue weighted by Gasteiger charge is 2.18. The topological polar surface area (TPSA) is 49.4 Å². The van der Waals surface area contributed by atoms with Crippen LogP contribution in [0, 0.1) is 13.8 Å². The number of benzene rings is 2. The zero-order valence-corrected chi connectivity index (χ0v) is 15.2. The number of carbonyl (C=O) groups excluding carboxylic acids is 2. The zero-order chi connectivity index (χ0) is 17.9. The first-order valence-corrected chi connectivity index (χ1v) is 8.14. The Balaban J connectivity index is 2.22. The number of carbonyl (C=O) groups is 2. The lowest BCUT2D eigenvalue weighted by molar-refractivity contribution is -0.120. The molecule has 2 amide bonds. The van der Waals surface area contributed by atoms with Gasteiger partial charge in [0.1, 0.15) is 6.54 Å². The molecular weight excluding hydrogens is 347 g/mol. The molecule has 0 fully saturated rings. The van der Waals surface area contributed by atoms with Gasteiger partial charge in [0.2, 0.25) is 11.8 Å². The molecule has 126 valence electrons. The van der Waals surface area contributed by atoms with Crippen LogP contribution in [0.5, 0.6) is 0 Å². The molecule has 24 heavy (non-hydrogen) atoms. The molecule has 0 saturated carbocycles. The van der Waals surface area contributed by atoms with Gasteiger partial charge in [-0.1, -0.05) is 35.3 Å². The highest BCUT2D eigenvalue weighted by atomic mass is 35.5. The fourth-order valence-corrected chi connectivity index (χ4v) is 2.64. The lowest BCUT2D eigenvalue weighted by Gasteiger charge is -2.23. The van der Waals surface area contributed by atoms with Crippen LogP contribution < -0.4 is 10.2 Å². The summed E-state index contributed by atoms with van der Waals surface area (Å²) in [5.74, 6) is -0.548. The van der Waals surface area contributed by atoms with Crippen molar-refractivity contribution in [3.8, 4) is 0 Å². The van der Waals surface area contributed by atoms with Crippen molar-refractivity contribution in [3.63, 3.8) is 0 Å². The van der Waals surface area contributed by atoms with Crippen molar-refractivity contribution in [2.75, 3.05) is 16.8 Å². The number of nitrogens with zero attached hydrogens (tertiary/aromatic N) is 1. The van der Waals surface area contributed by atoms with Gasteiger partial charge in [-0.25, -0.2) is 0 Å². The first-order valence-electron chi connectivity index (χ1n) is 7.38. The van der Waals surface area contributed by atoms with Crippen LogP contribution in [-0.2, 0) is 9.59 Å². The molecule has 2 aromatic rings. The minimum Gasteiger partial charge on any atom is -0.324 e. The molecule has 0 radical (unpaired) electrons. The highest BCUT2D eigenvalue weighted by Crippen LogP contribution is 2.25. The molecule has 0 heterocycles. The number of amides is 2. The molecule has 0 atom stereocenters. The third-order valence-corrected chi connectivity index (χ3v) is 4.09. The average molecular weight is 365 g/mol. The normalized spacial score (nSPS) is 10.4. The summed E-state index contributed by atoms with van der Waals surface area (Å²) in [4.78, 5) is 25.8. The standard InChI is InChI=1S/C18H18Cl2N2O2/c1-11-4-6-14(19)8-16(11)21-18(24)10-22(13(3)23)17-9-15(20)7-5-12(17)2/h4-9H,10H2,1-3H3,(H,21,24). The Hall–Kier alpha value is -2.04. The second-order valence-electron chi connectivity index (χ2n) is 5.54. The minimum atomic E-state index is -0.310. The molecule has 2 rings (SSSR count). The Morgan fingerprint density at radius 2 is 1.58 bits per heavy atom. The Kier molecular flexibility index (Phi) is 5.86. The number of hydrogen-bond acceptors (Lipinski definition) is 2. The minimum absolute atomic E-state index is 0.109. The number of nitrogens with one attached hydrogen (secondary N) is 1. The maximum absolute atomic E-state index is 12.4. The number of halogens is 2. The van der Waals surface area contributed by atoms with Crippen molar-refractivity contribution in [2.24, 2.45) is 0 Å². The van der Waals surface area contributed by atoms with E-state index >= 15 is 0 Å². The largest absolute Gasteiger partial charge is 0.324 e. The van der Waals surface area contributed by atoms with E-state index in [-0.39, 0.29) is 18.4 Å². The lowest BCUT2D eigenvalue weighted by atomic mass is 10.1. The van der Waals surface area contributed by atoms with E-state index in [2.05, 4.69) is 5.32 Å². The van der Waals surface area contributed by atoms with E-state index in [4.69, 9.17) is 23.2 Å². The van der Waals surface area contributed by atoms with E-state index in [0.29, 0.717) is 21.4 Å². The van der Waals surface area contributed by atoms with Gasteiger partial charge in [0.15, 0.2) is 0 Å². The van der Waals surface area contributed by atoms with E-state index in [1.165, 1.54) is 11.8 Å². The average Bonchev–Trinajstić information content (AvgIpc) is 2.51. The molecule has 2 aromatic carbocycles. The number of aryl methyl sites for hydroxylation is 2. The van der Waals surface area contributed by atoms with Gasteiger partial charge in [0.05, 0.1) is 0 Å². The second-order valence-corrected chi connectivity index (χ2v) is 6.42. The van der Waals surface area contributed by atoms with Crippen molar-refractivity contribution in [3.05, 3.63) is 57.6 Å². The maximum Gasteiger partial charge on any atom is 0.244 e. The number of anilines is 2. The summed E-state index contributed by atoms with van der Waals surface area (Å²) in [5, 5.41) is 3.83. The van der Waals surface area contributed by atoms with Crippen molar-refractivity contribution >= 4 is 46.4 Å². The predicted molar refractivity (Wildman–Crippen MR) is 99.0 cm³/mol. The number of hydrogen-bond donors (Lipinski definition) is 1. The summed E-state index contributed by atoms with van der Waals surface area (Å²) < 4.78 is 0. The zero-order valence-electron chi connectivity index (χ0n) is 13.7. The first-order chi connectivity index (χ1) is 11.3. The summed E-state index contributed by atoms with van der Waals surface area (Å²) in [6, 6.07) is 10.5. The Bertz CT molecular complexity index is 791. The van der Waals surface area contributed by atoms with Crippen LogP contribution >= 0.6 is 23.2 Å². The van der Waals surface area contributed by atoms with E-state index < -0.39 is 0 Å². The van der Waals surface area contributed by atoms with Crippen LogP contribution in [0.25, 0.3) is 0 Å². The summed E-state index contributed by atoms with van der Waals surface area (Å²) >= 11 is 12.0. The van der Waals surface area contributed by atoms with E-state index in [1.807, 2.05) is 26.0 Å². The van der Waals surface area contributed by atoms with Gasteiger partial charge in [-0.05, 0) is 49.2 Å². The van der Waals surface area contributed by atoms with Crippen LogP contribution in [0.4, 0.5) is 11.4 Å². The van der Waals surface area contributed by atoms with Crippen molar-refractivity contribution in [1.29, 1.82) is 0 Å². The van der Waals surface area contributed by atoms with Gasteiger partial charge in [-0.3, -0.25) is 9.59 Å². The molecule has 0 unspecified atom stereocenters. The molecule has 0 aliphatic carbocycles. The molecule has 0 aromatic heterocycles. The summed E-state index contributed by atoms with van der Waals surface area (Å²) in [5.41, 5.74) is 2.99. The number of rotatable bonds is 4. The van der Waals surface area contributed by atoms with Crippen molar-refractivity contribution < 1.29 is 9.59 Å². The van der Waals surface area contributed by atoms with Gasteiger partial charge in [0.25, 0.3) is 0 Å². The van der Waals surface area contributed by atoms with Crippen LogP contribution in [0.2, 0.25) is 10.0 Å². The molecule has 0 spiro atoms. The molecule has 1 N–H and O–H groups in total. The Morgan fingerprint density at radius 3 is 2.21 bits per heavy atom. The summed E-state index contributed by atoms with van der Waals surface area (Å²) in [7, 11) is 0. The quantitative estimate of drug-likeness (QED) is 0.861. The molecule has 4 nitrogen and oxygen atoms in total. The fraction of sp³-hybridized carbons (Fsp3) is 0.222. The third-order valence-electron chi connectivity index (χ3n) is 3.62. The molecule has 0 aliphatic rings. The van der Waals surface area contributed by atoms with Crippen molar-refractivity contribution in [2.45, 2.75) is 20.8 Å². The maximum atomic E-state index is 12.4. The fourth-order valence-electron chi connectivity index (χ4n) is 2.30. The predicted octanol–water partition coefficient (Wildman–Crippen LogP) is 4.60. The first kappa shape index (κ1) is 18.3. The van der Waals surface area contributed by atoms with Gasteiger partial charge in [-0.15, -0.1) is 0 Å². The van der Waals surface area contributed by atoms with Gasteiger partial charge in [-0.2, -0.15) is 0 Å². The van der Waals surface area contributed by atoms with E-state index in [1.54, 1.807) is 24.3 Å². The Morgan fingerprint density at radius 1 is 1.00 bits per heavy atom. The van der Waals surface area contributed by atoms with Gasteiger partial charge >= 0.3 is 0 Å². The summed E-state index contributed by atoms with van der Waals surface area (Å²) in [6.45, 7) is 5.04. The smallest absolute Gasteiger partial charge is 0.244 e. The van der Waals surface area contributed by atoms with Crippen molar-refractivity contribution in [1.82, 2.24) is 0 Å². The monoisotopic (exact) mass is 364 g/mol. The second kappa shape index (κ2) is 7.69. The highest BCUT2D eigenvalue weighted by molar-refractivity contribution is 6.31. The van der Waals surface area contributed by atoms with Crippen LogP contribution in [0.3, 0.4) is 0 Å². The molecule has 0 saturated heterocycles. The van der Waals surface area contributed by atoms with Crippen LogP contribution in [0.15, 0.2) is 36.4 Å². The van der Waals surface area contributed by atoms with Crippen LogP contribution in [0.1, 0.15) is 18.1 Å². The third kappa shape index (κ3) is 4.49. The molecular formula is C18H18Cl2N2O2. The Labute approximate surface area is 151 Å². The SMILES string of the molecule is CC(=O)N(CC(=O)Nc1cc(Cl)ccc1C)c1cc(Cl)ccc1C. The molecule has 0 bridgehead atoms. The lowest BCUT2D eigenvalue weighted by Crippen LogP contribution is -2.37. The summed E-state index contributed by atoms with van der Waals surface area (Å²) in [6.07, 6.45) is 0. The van der Waals surface area contributed by atoms with E-state index in [0.717, 1.165) is 11.1 Å². The molecule has 0 aliphatic heterocycles.